The number of hydrogen-bond acceptors (Lipinski definition) is 4. The number of ether oxygens (including phenoxy) is 2. The Morgan fingerprint density at radius 3 is 2.62 bits per heavy atom. The topological polar surface area (TPSA) is 50.7 Å². The van der Waals surface area contributed by atoms with Gasteiger partial charge in [0.15, 0.2) is 11.5 Å². The van der Waals surface area contributed by atoms with Crippen LogP contribution in [0.2, 0.25) is 10.0 Å². The fourth-order valence-electron chi connectivity index (χ4n) is 2.22. The minimum absolute atomic E-state index is 0.344. The van der Waals surface area contributed by atoms with Gasteiger partial charge in [-0.05, 0) is 42.3 Å². The third kappa shape index (κ3) is 5.56. The predicted octanol–water partition coefficient (Wildman–Crippen LogP) is 4.05. The summed E-state index contributed by atoms with van der Waals surface area (Å²) in [6, 6.07) is 11.2. The van der Waals surface area contributed by atoms with Gasteiger partial charge in [-0.25, -0.2) is 0 Å². The fraction of sp³-hybridized carbons (Fsp3) is 0.333. The van der Waals surface area contributed by atoms with E-state index in [1.807, 2.05) is 36.4 Å². The van der Waals surface area contributed by atoms with Gasteiger partial charge in [0.05, 0.1) is 18.2 Å². The Balaban J connectivity index is 2.09. The molecule has 0 heterocycles. The van der Waals surface area contributed by atoms with Crippen LogP contribution in [0.5, 0.6) is 11.5 Å². The zero-order valence-electron chi connectivity index (χ0n) is 13.7. The number of aliphatic hydroxyl groups is 1. The molecule has 6 heteroatoms. The van der Waals surface area contributed by atoms with E-state index in [-0.39, 0.29) is 0 Å². The van der Waals surface area contributed by atoms with Crippen LogP contribution in [0, 0.1) is 0 Å². The maximum absolute atomic E-state index is 9.28. The average Bonchev–Trinajstić information content (AvgIpc) is 2.53. The Kier molecular flexibility index (Phi) is 7.18. The summed E-state index contributed by atoms with van der Waals surface area (Å²) in [6.07, 6.45) is -0.400. The lowest BCUT2D eigenvalue weighted by Crippen LogP contribution is -2.23. The Labute approximate surface area is 152 Å². The highest BCUT2D eigenvalue weighted by Crippen LogP contribution is 2.37. The van der Waals surface area contributed by atoms with Crippen LogP contribution in [0.25, 0.3) is 0 Å². The first-order valence-electron chi connectivity index (χ1n) is 7.62. The molecule has 0 bridgehead atoms. The lowest BCUT2D eigenvalue weighted by atomic mass is 10.2. The van der Waals surface area contributed by atoms with Crippen molar-refractivity contribution < 1.29 is 14.6 Å². The van der Waals surface area contributed by atoms with Gasteiger partial charge in [-0.2, -0.15) is 0 Å². The van der Waals surface area contributed by atoms with E-state index in [0.29, 0.717) is 41.2 Å². The summed E-state index contributed by atoms with van der Waals surface area (Å²) in [5.74, 6) is 1.07. The van der Waals surface area contributed by atoms with Crippen LogP contribution in [0.15, 0.2) is 36.4 Å². The molecule has 0 amide bonds. The molecule has 0 saturated heterocycles. The molecule has 0 spiro atoms. The first-order valence-corrected chi connectivity index (χ1v) is 8.37. The Bertz CT molecular complexity index is 677. The summed E-state index contributed by atoms with van der Waals surface area (Å²) in [4.78, 5) is 0. The van der Waals surface area contributed by atoms with Gasteiger partial charge in [-0.1, -0.05) is 35.3 Å². The second kappa shape index (κ2) is 9.14. The minimum atomic E-state index is -0.400. The molecule has 0 radical (unpaired) electrons. The summed E-state index contributed by atoms with van der Waals surface area (Å²) >= 11 is 12.3. The summed E-state index contributed by atoms with van der Waals surface area (Å²) in [5, 5.41) is 13.6. The minimum Gasteiger partial charge on any atom is -0.493 e. The molecule has 2 rings (SSSR count). The van der Waals surface area contributed by atoms with Crippen molar-refractivity contribution in [3.8, 4) is 11.5 Å². The average molecular weight is 370 g/mol. The van der Waals surface area contributed by atoms with Crippen LogP contribution >= 0.6 is 23.2 Å². The highest BCUT2D eigenvalue weighted by atomic mass is 35.5. The quantitative estimate of drug-likeness (QED) is 0.736. The molecule has 0 fully saturated rings. The standard InChI is InChI=1S/C18H21Cl2NO3/c1-12(22)9-21-10-14-7-16(20)18(17(8-14)23-2)24-11-13-4-3-5-15(19)6-13/h3-8,12,21-22H,9-11H2,1-2H3. The molecule has 0 aliphatic heterocycles. The number of aliphatic hydroxyl groups excluding tert-OH is 1. The maximum atomic E-state index is 9.28. The van der Waals surface area contributed by atoms with Crippen molar-refractivity contribution in [2.75, 3.05) is 13.7 Å². The van der Waals surface area contributed by atoms with Crippen LogP contribution in [0.1, 0.15) is 18.1 Å². The Hall–Kier alpha value is -1.46. The van der Waals surface area contributed by atoms with Crippen molar-refractivity contribution in [3.05, 3.63) is 57.6 Å². The summed E-state index contributed by atoms with van der Waals surface area (Å²) in [5.41, 5.74) is 1.90. The monoisotopic (exact) mass is 369 g/mol. The number of benzene rings is 2. The third-order valence-electron chi connectivity index (χ3n) is 3.33. The van der Waals surface area contributed by atoms with Gasteiger partial charge < -0.3 is 19.9 Å². The van der Waals surface area contributed by atoms with E-state index in [2.05, 4.69) is 5.32 Å². The molecular formula is C18H21Cl2NO3. The smallest absolute Gasteiger partial charge is 0.180 e. The highest BCUT2D eigenvalue weighted by Gasteiger charge is 2.12. The van der Waals surface area contributed by atoms with Crippen LogP contribution in [-0.2, 0) is 13.2 Å². The molecule has 1 unspecified atom stereocenters. The largest absolute Gasteiger partial charge is 0.493 e. The predicted molar refractivity (Wildman–Crippen MR) is 97.2 cm³/mol. The van der Waals surface area contributed by atoms with Crippen LogP contribution < -0.4 is 14.8 Å². The summed E-state index contributed by atoms with van der Waals surface area (Å²) in [6.45, 7) is 3.16. The molecule has 130 valence electrons. The summed E-state index contributed by atoms with van der Waals surface area (Å²) < 4.78 is 11.2. The van der Waals surface area contributed by atoms with E-state index >= 15 is 0 Å². The molecular weight excluding hydrogens is 349 g/mol. The molecule has 0 aliphatic rings. The molecule has 0 aliphatic carbocycles. The van der Waals surface area contributed by atoms with E-state index < -0.39 is 6.10 Å². The number of methoxy groups -OCH3 is 1. The first-order chi connectivity index (χ1) is 11.5. The van der Waals surface area contributed by atoms with Crippen molar-refractivity contribution in [3.63, 3.8) is 0 Å². The van der Waals surface area contributed by atoms with Crippen molar-refractivity contribution >= 4 is 23.2 Å². The van der Waals surface area contributed by atoms with E-state index in [1.165, 1.54) is 0 Å². The SMILES string of the molecule is COc1cc(CNCC(C)O)cc(Cl)c1OCc1cccc(Cl)c1. The van der Waals surface area contributed by atoms with Gasteiger partial charge in [0.25, 0.3) is 0 Å². The van der Waals surface area contributed by atoms with Crippen LogP contribution in [-0.4, -0.2) is 24.9 Å². The lowest BCUT2D eigenvalue weighted by molar-refractivity contribution is 0.191. The van der Waals surface area contributed by atoms with Gasteiger partial charge in [0, 0.05) is 18.1 Å². The molecule has 0 aromatic heterocycles. The maximum Gasteiger partial charge on any atom is 0.180 e. The number of hydrogen-bond donors (Lipinski definition) is 2. The first kappa shape index (κ1) is 18.9. The number of halogens is 2. The highest BCUT2D eigenvalue weighted by molar-refractivity contribution is 6.32. The van der Waals surface area contributed by atoms with E-state index in [4.69, 9.17) is 32.7 Å². The van der Waals surface area contributed by atoms with E-state index in [1.54, 1.807) is 14.0 Å². The Morgan fingerprint density at radius 2 is 1.96 bits per heavy atom. The fourth-order valence-corrected chi connectivity index (χ4v) is 2.72. The van der Waals surface area contributed by atoms with Gasteiger partial charge in [-0.15, -0.1) is 0 Å². The van der Waals surface area contributed by atoms with Crippen LogP contribution in [0.3, 0.4) is 0 Å². The van der Waals surface area contributed by atoms with Gasteiger partial charge in [0.1, 0.15) is 6.61 Å². The molecule has 4 nitrogen and oxygen atoms in total. The third-order valence-corrected chi connectivity index (χ3v) is 3.85. The zero-order chi connectivity index (χ0) is 17.5. The molecule has 24 heavy (non-hydrogen) atoms. The second-order valence-corrected chi connectivity index (χ2v) is 6.35. The van der Waals surface area contributed by atoms with Crippen molar-refractivity contribution in [1.29, 1.82) is 0 Å². The van der Waals surface area contributed by atoms with Crippen molar-refractivity contribution in [1.82, 2.24) is 5.32 Å². The Morgan fingerprint density at radius 1 is 1.17 bits per heavy atom. The van der Waals surface area contributed by atoms with Gasteiger partial charge in [-0.3, -0.25) is 0 Å². The van der Waals surface area contributed by atoms with Crippen molar-refractivity contribution in [2.45, 2.75) is 26.2 Å². The molecule has 2 aromatic rings. The molecule has 2 N–H and O–H groups in total. The zero-order valence-corrected chi connectivity index (χ0v) is 15.2. The lowest BCUT2D eigenvalue weighted by Gasteiger charge is -2.15. The number of nitrogens with one attached hydrogen (secondary N) is 1. The van der Waals surface area contributed by atoms with E-state index in [0.717, 1.165) is 11.1 Å². The van der Waals surface area contributed by atoms with Crippen LogP contribution in [0.4, 0.5) is 0 Å². The molecule has 2 aromatic carbocycles. The number of rotatable bonds is 8. The normalized spacial score (nSPS) is 12.0. The van der Waals surface area contributed by atoms with Gasteiger partial charge in [0.2, 0.25) is 0 Å². The molecule has 1 atom stereocenters. The van der Waals surface area contributed by atoms with Crippen molar-refractivity contribution in [2.24, 2.45) is 0 Å². The van der Waals surface area contributed by atoms with E-state index in [9.17, 15) is 5.11 Å². The van der Waals surface area contributed by atoms with Gasteiger partial charge >= 0.3 is 0 Å². The molecule has 0 saturated carbocycles. The second-order valence-electron chi connectivity index (χ2n) is 5.51. The summed E-state index contributed by atoms with van der Waals surface area (Å²) in [7, 11) is 1.57.